The van der Waals surface area contributed by atoms with Crippen molar-refractivity contribution in [1.29, 1.82) is 0 Å². The van der Waals surface area contributed by atoms with Crippen LogP contribution in [0, 0.1) is 0 Å². The van der Waals surface area contributed by atoms with E-state index in [9.17, 15) is 9.59 Å². The number of amides is 3. The van der Waals surface area contributed by atoms with Crippen molar-refractivity contribution in [1.82, 2.24) is 16.0 Å². The zero-order chi connectivity index (χ0) is 19.8. The highest BCUT2D eigenvalue weighted by atomic mass is 16.2. The number of imide groups is 1. The van der Waals surface area contributed by atoms with Crippen LogP contribution in [0.2, 0.25) is 0 Å². The van der Waals surface area contributed by atoms with Crippen molar-refractivity contribution in [3.05, 3.63) is 71.8 Å². The van der Waals surface area contributed by atoms with Gasteiger partial charge in [-0.1, -0.05) is 79.9 Å². The summed E-state index contributed by atoms with van der Waals surface area (Å²) in [5.41, 5.74) is 2.14. The number of hydrogen-bond donors (Lipinski definition) is 3. The molecule has 0 spiro atoms. The molecule has 1 saturated carbocycles. The van der Waals surface area contributed by atoms with E-state index in [0.29, 0.717) is 0 Å². The largest absolute Gasteiger partial charge is 0.335 e. The SMILES string of the molecule is CC(NC(c1ccccc1)c1ccccc1)C(=O)NC(=O)NC1CCCCC1. The van der Waals surface area contributed by atoms with Crippen LogP contribution >= 0.6 is 0 Å². The summed E-state index contributed by atoms with van der Waals surface area (Å²) < 4.78 is 0. The normalized spacial score (nSPS) is 15.8. The Balaban J connectivity index is 1.62. The van der Waals surface area contributed by atoms with E-state index in [2.05, 4.69) is 16.0 Å². The maximum absolute atomic E-state index is 12.6. The smallest absolute Gasteiger partial charge is 0.321 e. The lowest BCUT2D eigenvalue weighted by atomic mass is 9.96. The molecule has 0 bridgehead atoms. The van der Waals surface area contributed by atoms with Gasteiger partial charge in [-0.3, -0.25) is 15.4 Å². The Morgan fingerprint density at radius 3 is 1.93 bits per heavy atom. The predicted molar refractivity (Wildman–Crippen MR) is 111 cm³/mol. The van der Waals surface area contributed by atoms with Crippen LogP contribution in [0.15, 0.2) is 60.7 Å². The maximum atomic E-state index is 12.6. The number of urea groups is 1. The van der Waals surface area contributed by atoms with Gasteiger partial charge in [0.15, 0.2) is 0 Å². The summed E-state index contributed by atoms with van der Waals surface area (Å²) in [4.78, 5) is 24.7. The van der Waals surface area contributed by atoms with Crippen molar-refractivity contribution in [3.63, 3.8) is 0 Å². The van der Waals surface area contributed by atoms with Crippen molar-refractivity contribution in [2.24, 2.45) is 0 Å². The molecule has 2 aromatic carbocycles. The summed E-state index contributed by atoms with van der Waals surface area (Å²) in [7, 11) is 0. The highest BCUT2D eigenvalue weighted by Gasteiger charge is 2.23. The van der Waals surface area contributed by atoms with Crippen molar-refractivity contribution < 1.29 is 9.59 Å². The van der Waals surface area contributed by atoms with Gasteiger partial charge in [-0.05, 0) is 30.9 Å². The topological polar surface area (TPSA) is 70.2 Å². The molecule has 3 rings (SSSR count). The molecule has 2 aromatic rings. The van der Waals surface area contributed by atoms with Crippen molar-refractivity contribution in [2.75, 3.05) is 0 Å². The van der Waals surface area contributed by atoms with Gasteiger partial charge < -0.3 is 5.32 Å². The summed E-state index contributed by atoms with van der Waals surface area (Å²) in [5, 5.41) is 8.77. The molecule has 1 aliphatic rings. The third-order valence-electron chi connectivity index (χ3n) is 5.25. The number of hydrogen-bond acceptors (Lipinski definition) is 3. The number of rotatable bonds is 6. The van der Waals surface area contributed by atoms with Gasteiger partial charge in [0, 0.05) is 6.04 Å². The van der Waals surface area contributed by atoms with Crippen LogP contribution in [0.1, 0.15) is 56.2 Å². The fourth-order valence-corrected chi connectivity index (χ4v) is 3.69. The molecule has 0 heterocycles. The molecule has 1 fully saturated rings. The number of nitrogens with one attached hydrogen (secondary N) is 3. The van der Waals surface area contributed by atoms with Gasteiger partial charge in [0.25, 0.3) is 0 Å². The molecule has 1 aliphatic carbocycles. The van der Waals surface area contributed by atoms with Crippen molar-refractivity contribution in [2.45, 2.75) is 57.2 Å². The second-order valence-corrected chi connectivity index (χ2v) is 7.44. The molecular formula is C23H29N3O2. The third-order valence-corrected chi connectivity index (χ3v) is 5.25. The van der Waals surface area contributed by atoms with Gasteiger partial charge in [0.2, 0.25) is 5.91 Å². The summed E-state index contributed by atoms with van der Waals surface area (Å²) in [6, 6.07) is 19.1. The van der Waals surface area contributed by atoms with Gasteiger partial charge >= 0.3 is 6.03 Å². The number of carbonyl (C=O) groups is 2. The molecule has 0 aromatic heterocycles. The average Bonchev–Trinajstić information content (AvgIpc) is 2.73. The first-order valence-corrected chi connectivity index (χ1v) is 10.1. The van der Waals surface area contributed by atoms with Crippen LogP contribution in [0.4, 0.5) is 4.79 Å². The quantitative estimate of drug-likeness (QED) is 0.713. The summed E-state index contributed by atoms with van der Waals surface area (Å²) in [6.45, 7) is 1.78. The molecule has 3 N–H and O–H groups in total. The van der Waals surface area contributed by atoms with Crippen molar-refractivity contribution >= 4 is 11.9 Å². The molecule has 3 amide bonds. The summed E-state index contributed by atoms with van der Waals surface area (Å²) >= 11 is 0. The third kappa shape index (κ3) is 5.67. The van der Waals surface area contributed by atoms with E-state index in [1.54, 1.807) is 6.92 Å². The Morgan fingerprint density at radius 1 is 0.857 bits per heavy atom. The summed E-state index contributed by atoms with van der Waals surface area (Å²) in [6.07, 6.45) is 5.46. The standard InChI is InChI=1S/C23H29N3O2/c1-17(22(27)26-23(28)25-20-15-9-4-10-16-20)24-21(18-11-5-2-6-12-18)19-13-7-3-8-14-19/h2-3,5-8,11-14,17,20-21,24H,4,9-10,15-16H2,1H3,(H2,25,26,27,28). The van der Waals surface area contributed by atoms with Crippen LogP contribution in [0.3, 0.4) is 0 Å². The lowest BCUT2D eigenvalue weighted by Gasteiger charge is -2.25. The first kappa shape index (κ1) is 20.1. The highest BCUT2D eigenvalue weighted by Crippen LogP contribution is 2.22. The molecule has 0 radical (unpaired) electrons. The predicted octanol–water partition coefficient (Wildman–Crippen LogP) is 3.91. The fraction of sp³-hybridized carbons (Fsp3) is 0.391. The Labute approximate surface area is 166 Å². The minimum Gasteiger partial charge on any atom is -0.335 e. The van der Waals surface area contributed by atoms with Gasteiger partial charge in [-0.2, -0.15) is 0 Å². The van der Waals surface area contributed by atoms with E-state index >= 15 is 0 Å². The van der Waals surface area contributed by atoms with Crippen LogP contribution in [-0.4, -0.2) is 24.0 Å². The van der Waals surface area contributed by atoms with Crippen LogP contribution in [-0.2, 0) is 4.79 Å². The van der Waals surface area contributed by atoms with E-state index in [0.717, 1.165) is 36.8 Å². The van der Waals surface area contributed by atoms with Gasteiger partial charge in [0.05, 0.1) is 12.1 Å². The molecule has 28 heavy (non-hydrogen) atoms. The first-order valence-electron chi connectivity index (χ1n) is 10.1. The first-order chi connectivity index (χ1) is 13.6. The summed E-state index contributed by atoms with van der Waals surface area (Å²) in [5.74, 6) is -0.329. The van der Waals surface area contributed by atoms with Crippen LogP contribution < -0.4 is 16.0 Å². The molecule has 1 unspecified atom stereocenters. The molecule has 1 atom stereocenters. The van der Waals surface area contributed by atoms with E-state index < -0.39 is 12.1 Å². The molecular weight excluding hydrogens is 350 g/mol. The highest BCUT2D eigenvalue weighted by molar-refractivity contribution is 5.96. The number of carbonyl (C=O) groups excluding carboxylic acids is 2. The van der Waals surface area contributed by atoms with E-state index in [-0.39, 0.29) is 18.0 Å². The molecule has 148 valence electrons. The molecule has 0 aliphatic heterocycles. The molecule has 0 saturated heterocycles. The lowest BCUT2D eigenvalue weighted by molar-refractivity contribution is -0.121. The Hall–Kier alpha value is -2.66. The van der Waals surface area contributed by atoms with E-state index in [1.165, 1.54) is 6.42 Å². The van der Waals surface area contributed by atoms with Gasteiger partial charge in [0.1, 0.15) is 0 Å². The van der Waals surface area contributed by atoms with E-state index in [1.807, 2.05) is 60.7 Å². The van der Waals surface area contributed by atoms with Gasteiger partial charge in [-0.15, -0.1) is 0 Å². The second kappa shape index (κ2) is 10.0. The maximum Gasteiger partial charge on any atom is 0.321 e. The Bertz CT molecular complexity index is 718. The minimum atomic E-state index is -0.525. The van der Waals surface area contributed by atoms with Crippen LogP contribution in [0.5, 0.6) is 0 Å². The second-order valence-electron chi connectivity index (χ2n) is 7.44. The van der Waals surface area contributed by atoms with E-state index in [4.69, 9.17) is 0 Å². The molecule has 5 nitrogen and oxygen atoms in total. The lowest BCUT2D eigenvalue weighted by Crippen LogP contribution is -2.51. The zero-order valence-corrected chi connectivity index (χ0v) is 16.4. The minimum absolute atomic E-state index is 0.135. The molecule has 5 heteroatoms. The van der Waals surface area contributed by atoms with Gasteiger partial charge in [-0.25, -0.2) is 4.79 Å². The zero-order valence-electron chi connectivity index (χ0n) is 16.4. The van der Waals surface area contributed by atoms with Crippen LogP contribution in [0.25, 0.3) is 0 Å². The monoisotopic (exact) mass is 379 g/mol. The number of benzene rings is 2. The Morgan fingerprint density at radius 2 is 1.39 bits per heavy atom. The average molecular weight is 380 g/mol. The van der Waals surface area contributed by atoms with Crippen molar-refractivity contribution in [3.8, 4) is 0 Å². The Kier molecular flexibility index (Phi) is 7.20. The fourth-order valence-electron chi connectivity index (χ4n) is 3.69.